The van der Waals surface area contributed by atoms with E-state index < -0.39 is 0 Å². The Morgan fingerprint density at radius 1 is 1.07 bits per heavy atom. The van der Waals surface area contributed by atoms with Crippen molar-refractivity contribution in [3.63, 3.8) is 0 Å². The lowest BCUT2D eigenvalue weighted by atomic mass is 10.2. The van der Waals surface area contributed by atoms with E-state index in [0.717, 1.165) is 11.3 Å². The maximum absolute atomic E-state index is 5.52. The lowest BCUT2D eigenvalue weighted by molar-refractivity contribution is 1.47. The predicted molar refractivity (Wildman–Crippen MR) is 66.1 cm³/mol. The third-order valence-electron chi connectivity index (χ3n) is 1.40. The summed E-state index contributed by atoms with van der Waals surface area (Å²) in [5, 5.41) is 0. The largest absolute Gasteiger partial charge is 0.399 e. The molecule has 0 spiro atoms. The minimum absolute atomic E-state index is 0. The quantitative estimate of drug-likeness (QED) is 0.494. The Balaban J connectivity index is 0. The summed E-state index contributed by atoms with van der Waals surface area (Å²) >= 11 is 0. The van der Waals surface area contributed by atoms with Gasteiger partial charge in [-0.3, -0.25) is 0 Å². The molecule has 0 bridgehead atoms. The number of benzene rings is 1. The highest BCUT2D eigenvalue weighted by atomic mass is 14.5. The van der Waals surface area contributed by atoms with Crippen LogP contribution in [0.15, 0.2) is 24.3 Å². The average molecular weight is 198 g/mol. The Labute approximate surface area is 91.5 Å². The Morgan fingerprint density at radius 2 is 1.53 bits per heavy atom. The number of nitrogen functional groups attached to an aromatic ring is 1. The van der Waals surface area contributed by atoms with E-state index in [4.69, 9.17) is 18.6 Å². The molecule has 0 fully saturated rings. The first-order valence-electron chi connectivity index (χ1n) is 3.94. The fourth-order valence-corrected chi connectivity index (χ4v) is 0.659. The Morgan fingerprint density at radius 3 is 1.80 bits per heavy atom. The summed E-state index contributed by atoms with van der Waals surface area (Å²) in [4.78, 5) is 0. The summed E-state index contributed by atoms with van der Waals surface area (Å²) in [6.07, 6.45) is 9.39. The van der Waals surface area contributed by atoms with Crippen molar-refractivity contribution < 1.29 is 0 Å². The first kappa shape index (κ1) is 15.1. The van der Waals surface area contributed by atoms with Crippen molar-refractivity contribution >= 4 is 5.69 Å². The zero-order valence-corrected chi connectivity index (χ0v) is 8.75. The molecule has 0 heterocycles. The van der Waals surface area contributed by atoms with Crippen LogP contribution in [0.25, 0.3) is 0 Å². The summed E-state index contributed by atoms with van der Waals surface area (Å²) in [7, 11) is 0. The van der Waals surface area contributed by atoms with Gasteiger partial charge in [-0.2, -0.15) is 0 Å². The topological polar surface area (TPSA) is 61.0 Å². The highest BCUT2D eigenvalue weighted by Crippen LogP contribution is 2.06. The molecule has 0 aliphatic heterocycles. The SMILES string of the molecule is C#CC#CC#C.Cc1ccccc1N.N. The van der Waals surface area contributed by atoms with Crippen LogP contribution in [0, 0.1) is 43.5 Å². The van der Waals surface area contributed by atoms with Gasteiger partial charge < -0.3 is 11.9 Å². The molecule has 0 unspecified atom stereocenters. The van der Waals surface area contributed by atoms with Gasteiger partial charge in [0.15, 0.2) is 0 Å². The second-order valence-corrected chi connectivity index (χ2v) is 2.40. The van der Waals surface area contributed by atoms with Crippen LogP contribution in [0.3, 0.4) is 0 Å². The molecule has 1 aromatic rings. The van der Waals surface area contributed by atoms with Crippen LogP contribution >= 0.6 is 0 Å². The van der Waals surface area contributed by atoms with E-state index in [0.29, 0.717) is 0 Å². The Bertz CT molecular complexity index is 383. The van der Waals surface area contributed by atoms with E-state index in [2.05, 4.69) is 23.7 Å². The minimum Gasteiger partial charge on any atom is -0.399 e. The summed E-state index contributed by atoms with van der Waals surface area (Å²) in [5.41, 5.74) is 7.53. The van der Waals surface area contributed by atoms with Crippen molar-refractivity contribution in [1.82, 2.24) is 6.15 Å². The van der Waals surface area contributed by atoms with E-state index >= 15 is 0 Å². The lowest BCUT2D eigenvalue weighted by Crippen LogP contribution is -1.85. The van der Waals surface area contributed by atoms with Gasteiger partial charge in [0.1, 0.15) is 0 Å². The smallest absolute Gasteiger partial charge is 0.0343 e. The molecule has 0 aromatic heterocycles. The van der Waals surface area contributed by atoms with Gasteiger partial charge in [0.2, 0.25) is 0 Å². The molecule has 0 amide bonds. The second kappa shape index (κ2) is 9.75. The predicted octanol–water partition coefficient (Wildman–Crippen LogP) is 2.00. The van der Waals surface area contributed by atoms with E-state index in [1.165, 1.54) is 0 Å². The molecular formula is C13H14N2. The molecule has 0 radical (unpaired) electrons. The molecule has 2 heteroatoms. The summed E-state index contributed by atoms with van der Waals surface area (Å²) in [6, 6.07) is 7.80. The van der Waals surface area contributed by atoms with Crippen LogP contribution in [0.2, 0.25) is 0 Å². The maximum atomic E-state index is 5.52. The molecule has 76 valence electrons. The van der Waals surface area contributed by atoms with E-state index in [1.54, 1.807) is 0 Å². The molecule has 1 rings (SSSR count). The van der Waals surface area contributed by atoms with Gasteiger partial charge >= 0.3 is 0 Å². The number of nitrogens with two attached hydrogens (primary N) is 1. The fraction of sp³-hybridized carbons (Fsp3) is 0.0769. The number of rotatable bonds is 0. The van der Waals surface area contributed by atoms with Gasteiger partial charge in [0, 0.05) is 5.69 Å². The van der Waals surface area contributed by atoms with Crippen molar-refractivity contribution in [1.29, 1.82) is 0 Å². The fourth-order valence-electron chi connectivity index (χ4n) is 0.659. The maximum Gasteiger partial charge on any atom is 0.0343 e. The van der Waals surface area contributed by atoms with Gasteiger partial charge in [-0.1, -0.05) is 18.2 Å². The molecule has 2 nitrogen and oxygen atoms in total. The molecule has 0 saturated carbocycles. The highest BCUT2D eigenvalue weighted by molar-refractivity contribution is 5.44. The van der Waals surface area contributed by atoms with Crippen molar-refractivity contribution in [2.24, 2.45) is 0 Å². The first-order valence-corrected chi connectivity index (χ1v) is 3.94. The molecule has 5 N–H and O–H groups in total. The van der Waals surface area contributed by atoms with Gasteiger partial charge in [-0.15, -0.1) is 12.8 Å². The van der Waals surface area contributed by atoms with Crippen LogP contribution in [0.4, 0.5) is 5.69 Å². The molecule has 15 heavy (non-hydrogen) atoms. The van der Waals surface area contributed by atoms with E-state index in [-0.39, 0.29) is 6.15 Å². The number of anilines is 1. The number of terminal acetylenes is 2. The third kappa shape index (κ3) is 8.00. The normalized spacial score (nSPS) is 6.07. The minimum atomic E-state index is 0. The summed E-state index contributed by atoms with van der Waals surface area (Å²) in [6.45, 7) is 2.00. The number of hydrogen-bond donors (Lipinski definition) is 2. The van der Waals surface area contributed by atoms with Crippen LogP contribution in [-0.2, 0) is 0 Å². The Kier molecular flexibility index (Phi) is 9.84. The molecular weight excluding hydrogens is 184 g/mol. The molecule has 0 atom stereocenters. The van der Waals surface area contributed by atoms with Gasteiger partial charge in [-0.25, -0.2) is 0 Å². The number of hydrogen-bond acceptors (Lipinski definition) is 2. The second-order valence-electron chi connectivity index (χ2n) is 2.40. The Hall–Kier alpha value is -2.34. The molecule has 0 aliphatic carbocycles. The standard InChI is InChI=1S/C7H9N.C6H2.H3N/c1-6-4-2-3-5-7(6)8;1-3-5-6-4-2;/h2-5H,8H2,1H3;1-2H;1H3. The lowest BCUT2D eigenvalue weighted by Gasteiger charge is -1.93. The molecule has 0 aliphatic rings. The zero-order chi connectivity index (χ0) is 10.8. The zero-order valence-electron chi connectivity index (χ0n) is 8.75. The summed E-state index contributed by atoms with van der Waals surface area (Å²) in [5.74, 6) is 8.61. The van der Waals surface area contributed by atoms with Gasteiger partial charge in [0.25, 0.3) is 0 Å². The monoisotopic (exact) mass is 198 g/mol. The third-order valence-corrected chi connectivity index (χ3v) is 1.40. The van der Waals surface area contributed by atoms with Crippen LogP contribution in [-0.4, -0.2) is 0 Å². The van der Waals surface area contributed by atoms with E-state index in [9.17, 15) is 0 Å². The summed E-state index contributed by atoms with van der Waals surface area (Å²) < 4.78 is 0. The van der Waals surface area contributed by atoms with Crippen molar-refractivity contribution in [3.05, 3.63) is 29.8 Å². The van der Waals surface area contributed by atoms with Gasteiger partial charge in [0.05, 0.1) is 0 Å². The van der Waals surface area contributed by atoms with Crippen molar-refractivity contribution in [2.45, 2.75) is 6.92 Å². The van der Waals surface area contributed by atoms with Crippen LogP contribution < -0.4 is 11.9 Å². The molecule has 1 aromatic carbocycles. The van der Waals surface area contributed by atoms with Crippen LogP contribution in [0.1, 0.15) is 5.56 Å². The average Bonchev–Trinajstić information content (AvgIpc) is 2.20. The first-order chi connectivity index (χ1) is 6.72. The molecule has 0 saturated heterocycles. The van der Waals surface area contributed by atoms with E-state index in [1.807, 2.05) is 31.2 Å². The van der Waals surface area contributed by atoms with Crippen molar-refractivity contribution in [2.75, 3.05) is 5.73 Å². The number of para-hydroxylation sites is 1. The van der Waals surface area contributed by atoms with Crippen molar-refractivity contribution in [3.8, 4) is 36.5 Å². The van der Waals surface area contributed by atoms with Crippen LogP contribution in [0.5, 0.6) is 0 Å². The number of aryl methyl sites for hydroxylation is 1. The van der Waals surface area contributed by atoms with Gasteiger partial charge in [-0.05, 0) is 42.2 Å². The highest BCUT2D eigenvalue weighted by Gasteiger charge is 1.84.